The molecule has 2 atom stereocenters. The van der Waals surface area contributed by atoms with Gasteiger partial charge in [0.05, 0.1) is 23.2 Å². The van der Waals surface area contributed by atoms with Crippen LogP contribution in [0.4, 0.5) is 5.95 Å². The monoisotopic (exact) mass is 571 g/mol. The molecule has 2 N–H and O–H groups in total. The van der Waals surface area contributed by atoms with Crippen LogP contribution in [0.3, 0.4) is 0 Å². The molecular weight excluding hydrogens is 526 g/mol. The van der Waals surface area contributed by atoms with Crippen LogP contribution in [0.1, 0.15) is 70.2 Å². The molecule has 1 aromatic carbocycles. The van der Waals surface area contributed by atoms with Gasteiger partial charge in [-0.05, 0) is 62.9 Å². The van der Waals surface area contributed by atoms with E-state index in [-0.39, 0.29) is 17.7 Å². The van der Waals surface area contributed by atoms with E-state index in [4.69, 9.17) is 9.72 Å². The highest BCUT2D eigenvalue weighted by molar-refractivity contribution is 6.06. The Hall–Kier alpha value is -3.91. The van der Waals surface area contributed by atoms with Crippen molar-refractivity contribution in [2.45, 2.75) is 66.3 Å². The normalized spacial score (nSPS) is 19.5. The highest BCUT2D eigenvalue weighted by Gasteiger charge is 2.27. The lowest BCUT2D eigenvalue weighted by molar-refractivity contribution is -0.112. The summed E-state index contributed by atoms with van der Waals surface area (Å²) in [5, 5.41) is 6.42. The van der Waals surface area contributed by atoms with Crippen LogP contribution in [0, 0.1) is 11.8 Å². The summed E-state index contributed by atoms with van der Waals surface area (Å²) in [6.07, 6.45) is 13.4. The Labute approximate surface area is 249 Å². The summed E-state index contributed by atoms with van der Waals surface area (Å²) in [6, 6.07) is 5.42. The number of imidazole rings is 1. The molecule has 0 radical (unpaired) electrons. The molecule has 1 amide bonds. The highest BCUT2D eigenvalue weighted by atomic mass is 16.5. The Morgan fingerprint density at radius 2 is 2.12 bits per heavy atom. The van der Waals surface area contributed by atoms with Gasteiger partial charge in [0.1, 0.15) is 12.0 Å². The molecule has 0 aliphatic carbocycles. The lowest BCUT2D eigenvalue weighted by Gasteiger charge is -2.30. The maximum Gasteiger partial charge on any atom is 0.259 e. The second-order valence-corrected chi connectivity index (χ2v) is 11.3. The molecule has 2 aliphatic heterocycles. The molecule has 42 heavy (non-hydrogen) atoms. The average molecular weight is 572 g/mol. The Morgan fingerprint density at radius 1 is 1.31 bits per heavy atom. The van der Waals surface area contributed by atoms with E-state index in [0.29, 0.717) is 36.8 Å². The molecule has 0 spiro atoms. The number of carbonyl (C=O) groups excluding carboxylic acids is 2. The van der Waals surface area contributed by atoms with Gasteiger partial charge in [-0.3, -0.25) is 14.9 Å². The van der Waals surface area contributed by atoms with E-state index < -0.39 is 0 Å². The van der Waals surface area contributed by atoms with E-state index in [1.807, 2.05) is 47.1 Å². The van der Waals surface area contributed by atoms with Crippen LogP contribution in [-0.4, -0.2) is 46.8 Å². The van der Waals surface area contributed by atoms with Crippen molar-refractivity contribution < 1.29 is 14.3 Å². The summed E-state index contributed by atoms with van der Waals surface area (Å²) in [5.41, 5.74) is 5.30. The Balaban J connectivity index is 1.88. The zero-order chi connectivity index (χ0) is 30.2. The van der Waals surface area contributed by atoms with E-state index in [2.05, 4.69) is 51.0 Å². The lowest BCUT2D eigenvalue weighted by Crippen LogP contribution is -2.26. The van der Waals surface area contributed by atoms with Crippen LogP contribution in [0.5, 0.6) is 0 Å². The molecule has 2 unspecified atom stereocenters. The van der Waals surface area contributed by atoms with Crippen molar-refractivity contribution in [1.82, 2.24) is 19.8 Å². The quantitative estimate of drug-likeness (QED) is 0.343. The molecule has 1 aromatic heterocycles. The third-order valence-corrected chi connectivity index (χ3v) is 7.95. The van der Waals surface area contributed by atoms with Gasteiger partial charge in [-0.25, -0.2) is 4.98 Å². The van der Waals surface area contributed by atoms with Gasteiger partial charge in [-0.1, -0.05) is 46.8 Å². The van der Waals surface area contributed by atoms with Gasteiger partial charge >= 0.3 is 0 Å². The van der Waals surface area contributed by atoms with Crippen molar-refractivity contribution in [3.63, 3.8) is 0 Å². The SMILES string of the molecule is C=C1C2=CC(=CN1/C=C\CCC)C(=O)Nc1nc3ccc(C=O)cc3n1CC(C)CCCOC(C(C)CC)=C2CNC. The number of hydrogen-bond acceptors (Lipinski definition) is 6. The number of hydrogen-bond donors (Lipinski definition) is 2. The number of anilines is 1. The molecule has 2 bridgehead atoms. The van der Waals surface area contributed by atoms with E-state index in [1.165, 1.54) is 0 Å². The summed E-state index contributed by atoms with van der Waals surface area (Å²) >= 11 is 0. The number of aromatic nitrogens is 2. The number of ether oxygens (including phenoxy) is 1. The number of aldehydes is 1. The van der Waals surface area contributed by atoms with E-state index >= 15 is 0 Å². The number of allylic oxidation sites excluding steroid dienone is 3. The number of likely N-dealkylation sites (N-methyl/N-ethyl adjacent to an activating group) is 1. The van der Waals surface area contributed by atoms with Gasteiger partial charge < -0.3 is 19.5 Å². The molecule has 0 saturated heterocycles. The van der Waals surface area contributed by atoms with Crippen LogP contribution in [-0.2, 0) is 16.1 Å². The second-order valence-electron chi connectivity index (χ2n) is 11.3. The van der Waals surface area contributed by atoms with E-state index in [1.54, 1.807) is 6.07 Å². The number of rotatable bonds is 8. The van der Waals surface area contributed by atoms with Gasteiger partial charge in [0.15, 0.2) is 0 Å². The number of fused-ring (bicyclic) bond motifs is 4. The fourth-order valence-electron chi connectivity index (χ4n) is 5.40. The minimum absolute atomic E-state index is 0.200. The van der Waals surface area contributed by atoms with Crippen LogP contribution < -0.4 is 10.6 Å². The van der Waals surface area contributed by atoms with Crippen molar-refractivity contribution in [2.24, 2.45) is 11.8 Å². The number of amides is 1. The molecule has 0 saturated carbocycles. The number of unbranched alkanes of at least 4 members (excludes halogenated alkanes) is 1. The first-order valence-electron chi connectivity index (χ1n) is 15.2. The summed E-state index contributed by atoms with van der Waals surface area (Å²) in [7, 11) is 1.92. The van der Waals surface area contributed by atoms with Crippen molar-refractivity contribution in [3.05, 3.63) is 83.1 Å². The summed E-state index contributed by atoms with van der Waals surface area (Å²) in [4.78, 5) is 32.2. The highest BCUT2D eigenvalue weighted by Crippen LogP contribution is 2.34. The smallest absolute Gasteiger partial charge is 0.259 e. The standard InChI is InChI=1S/C34H45N5O3/c1-7-9-10-15-38-21-27-18-28(25(38)5)29(19-35-6)32(24(4)8-2)42-16-11-12-23(3)20-39-31-17-26(22-40)13-14-30(31)36-34(39)37-33(27)41/h10,13-15,17-18,21-24,35H,5,7-9,11-12,16,19-20H2,1-4,6H3,(H,36,37,41)/b15-10-,32-29?. The predicted molar refractivity (Wildman–Crippen MR) is 170 cm³/mol. The summed E-state index contributed by atoms with van der Waals surface area (Å²) in [5.74, 6) is 1.64. The van der Waals surface area contributed by atoms with Gasteiger partial charge in [-0.15, -0.1) is 0 Å². The topological polar surface area (TPSA) is 88.5 Å². The summed E-state index contributed by atoms with van der Waals surface area (Å²) in [6.45, 7) is 15.0. The molecule has 8 nitrogen and oxygen atoms in total. The van der Waals surface area contributed by atoms with Gasteiger partial charge in [0.25, 0.3) is 5.91 Å². The fraction of sp³-hybridized carbons (Fsp3) is 0.441. The van der Waals surface area contributed by atoms with Gasteiger partial charge in [-0.2, -0.15) is 0 Å². The third-order valence-electron chi connectivity index (χ3n) is 7.95. The molecular formula is C34H45N5O3. The Bertz CT molecular complexity index is 1440. The first-order chi connectivity index (χ1) is 20.3. The van der Waals surface area contributed by atoms with Crippen molar-refractivity contribution in [3.8, 4) is 0 Å². The molecule has 3 heterocycles. The molecule has 8 heteroatoms. The first kappa shape index (κ1) is 31.0. The Morgan fingerprint density at radius 3 is 2.83 bits per heavy atom. The zero-order valence-electron chi connectivity index (χ0n) is 25.7. The van der Waals surface area contributed by atoms with Gasteiger partial charge in [0.2, 0.25) is 5.95 Å². The minimum atomic E-state index is -0.265. The van der Waals surface area contributed by atoms with Crippen molar-refractivity contribution in [2.75, 3.05) is 25.5 Å². The minimum Gasteiger partial charge on any atom is -0.497 e. The van der Waals surface area contributed by atoms with Crippen LogP contribution in [0.25, 0.3) is 11.0 Å². The van der Waals surface area contributed by atoms with Crippen LogP contribution >= 0.6 is 0 Å². The van der Waals surface area contributed by atoms with Crippen LogP contribution in [0.15, 0.2) is 77.5 Å². The first-order valence-corrected chi connectivity index (χ1v) is 15.2. The Kier molecular flexibility index (Phi) is 10.6. The van der Waals surface area contributed by atoms with Crippen LogP contribution in [0.2, 0.25) is 0 Å². The zero-order valence-corrected chi connectivity index (χ0v) is 25.7. The number of nitrogens with zero attached hydrogens (tertiary/aromatic N) is 3. The number of nitrogens with one attached hydrogen (secondary N) is 2. The van der Waals surface area contributed by atoms with E-state index in [9.17, 15) is 9.59 Å². The molecule has 224 valence electrons. The third kappa shape index (κ3) is 6.93. The van der Waals surface area contributed by atoms with Crippen molar-refractivity contribution >= 4 is 29.2 Å². The maximum absolute atomic E-state index is 13.9. The average Bonchev–Trinajstić information content (AvgIpc) is 3.31. The second kappa shape index (κ2) is 14.3. The molecule has 0 fully saturated rings. The number of benzene rings is 1. The van der Waals surface area contributed by atoms with Gasteiger partial charge in [0, 0.05) is 53.8 Å². The number of carbonyl (C=O) groups is 2. The fourth-order valence-corrected chi connectivity index (χ4v) is 5.40. The largest absolute Gasteiger partial charge is 0.497 e. The lowest BCUT2D eigenvalue weighted by atomic mass is 9.91. The molecule has 2 aliphatic rings. The summed E-state index contributed by atoms with van der Waals surface area (Å²) < 4.78 is 8.60. The van der Waals surface area contributed by atoms with Crippen molar-refractivity contribution in [1.29, 1.82) is 0 Å². The van der Waals surface area contributed by atoms with E-state index in [0.717, 1.165) is 72.0 Å². The predicted octanol–water partition coefficient (Wildman–Crippen LogP) is 6.71. The molecule has 4 rings (SSSR count). The maximum atomic E-state index is 13.9. The molecule has 2 aromatic rings.